The molecule has 0 spiro atoms. The molecule has 17 heavy (non-hydrogen) atoms. The third kappa shape index (κ3) is 3.85. The molecule has 0 aromatic heterocycles. The van der Waals surface area contributed by atoms with Gasteiger partial charge in [0, 0.05) is 0 Å². The fourth-order valence-corrected chi connectivity index (χ4v) is 2.03. The number of nitrogens with one attached hydrogen (secondary N) is 1. The number of rotatable bonds is 3. The van der Waals surface area contributed by atoms with Gasteiger partial charge in [-0.15, -0.1) is 0 Å². The molecular weight excluding hydrogens is 222 g/mol. The number of aliphatic hydroxyl groups excluding tert-OH is 1. The van der Waals surface area contributed by atoms with E-state index in [1.165, 1.54) is 0 Å². The minimum atomic E-state index is -0.686. The second-order valence-electron chi connectivity index (χ2n) is 4.82. The Morgan fingerprint density at radius 3 is 2.76 bits per heavy atom. The maximum absolute atomic E-state index is 11.4. The summed E-state index contributed by atoms with van der Waals surface area (Å²) < 4.78 is 10.5. The van der Waals surface area contributed by atoms with Gasteiger partial charge in [0.15, 0.2) is 0 Å². The average Bonchev–Trinajstić information content (AvgIpc) is 2.24. The SMILES string of the molecule is CCOC(=O)NC1CC(C(C)C)OC(C)C1O. The van der Waals surface area contributed by atoms with Crippen LogP contribution < -0.4 is 5.32 Å². The highest BCUT2D eigenvalue weighted by atomic mass is 16.5. The van der Waals surface area contributed by atoms with E-state index in [-0.39, 0.29) is 18.2 Å². The monoisotopic (exact) mass is 245 g/mol. The van der Waals surface area contributed by atoms with Gasteiger partial charge in [-0.2, -0.15) is 0 Å². The molecule has 4 atom stereocenters. The number of ether oxygens (including phenoxy) is 2. The highest BCUT2D eigenvalue weighted by molar-refractivity contribution is 5.67. The van der Waals surface area contributed by atoms with Crippen molar-refractivity contribution in [2.75, 3.05) is 6.61 Å². The van der Waals surface area contributed by atoms with Crippen LogP contribution in [0, 0.1) is 5.92 Å². The first-order valence-corrected chi connectivity index (χ1v) is 6.22. The van der Waals surface area contributed by atoms with Gasteiger partial charge in [0.1, 0.15) is 6.10 Å². The summed E-state index contributed by atoms with van der Waals surface area (Å²) in [7, 11) is 0. The Labute approximate surface area is 102 Å². The molecule has 4 unspecified atom stereocenters. The third-order valence-electron chi connectivity index (χ3n) is 3.09. The smallest absolute Gasteiger partial charge is 0.407 e. The van der Waals surface area contributed by atoms with Crippen LogP contribution in [0.3, 0.4) is 0 Å². The molecule has 1 saturated heterocycles. The quantitative estimate of drug-likeness (QED) is 0.786. The van der Waals surface area contributed by atoms with Crippen LogP contribution in [0.4, 0.5) is 4.79 Å². The standard InChI is InChI=1S/C12H23NO4/c1-5-16-12(15)13-9-6-10(7(2)3)17-8(4)11(9)14/h7-11,14H,5-6H2,1-4H3,(H,13,15). The van der Waals surface area contributed by atoms with E-state index in [2.05, 4.69) is 19.2 Å². The number of aliphatic hydroxyl groups is 1. The summed E-state index contributed by atoms with van der Waals surface area (Å²) in [4.78, 5) is 11.4. The molecule has 2 N–H and O–H groups in total. The molecule has 100 valence electrons. The van der Waals surface area contributed by atoms with Crippen molar-refractivity contribution in [3.05, 3.63) is 0 Å². The van der Waals surface area contributed by atoms with Crippen LogP contribution in [0.1, 0.15) is 34.1 Å². The number of carbonyl (C=O) groups is 1. The minimum Gasteiger partial charge on any atom is -0.450 e. The van der Waals surface area contributed by atoms with Gasteiger partial charge in [0.05, 0.1) is 24.9 Å². The van der Waals surface area contributed by atoms with Crippen LogP contribution in [-0.2, 0) is 9.47 Å². The van der Waals surface area contributed by atoms with Crippen molar-refractivity contribution in [2.24, 2.45) is 5.92 Å². The Bertz CT molecular complexity index is 257. The van der Waals surface area contributed by atoms with E-state index in [0.717, 1.165) is 0 Å². The van der Waals surface area contributed by atoms with Crippen molar-refractivity contribution in [3.8, 4) is 0 Å². The molecule has 0 aliphatic carbocycles. The Hall–Kier alpha value is -0.810. The van der Waals surface area contributed by atoms with Crippen molar-refractivity contribution < 1.29 is 19.4 Å². The van der Waals surface area contributed by atoms with Crippen LogP contribution >= 0.6 is 0 Å². The molecule has 1 fully saturated rings. The zero-order valence-corrected chi connectivity index (χ0v) is 11.0. The van der Waals surface area contributed by atoms with Crippen LogP contribution in [0.25, 0.3) is 0 Å². The first kappa shape index (κ1) is 14.3. The highest BCUT2D eigenvalue weighted by Gasteiger charge is 2.37. The van der Waals surface area contributed by atoms with Crippen molar-refractivity contribution in [1.82, 2.24) is 5.32 Å². The lowest BCUT2D eigenvalue weighted by molar-refractivity contribution is -0.135. The van der Waals surface area contributed by atoms with Gasteiger partial charge in [0.25, 0.3) is 0 Å². The van der Waals surface area contributed by atoms with E-state index in [0.29, 0.717) is 18.9 Å². The normalized spacial score (nSPS) is 33.5. The lowest BCUT2D eigenvalue weighted by Gasteiger charge is -2.39. The number of hydrogen-bond acceptors (Lipinski definition) is 4. The summed E-state index contributed by atoms with van der Waals surface area (Å²) in [5.74, 6) is 0.358. The fourth-order valence-electron chi connectivity index (χ4n) is 2.03. The van der Waals surface area contributed by atoms with Gasteiger partial charge in [0.2, 0.25) is 0 Å². The number of alkyl carbamates (subject to hydrolysis) is 1. The van der Waals surface area contributed by atoms with Crippen molar-refractivity contribution in [1.29, 1.82) is 0 Å². The summed E-state index contributed by atoms with van der Waals surface area (Å²) in [6, 6.07) is -0.301. The van der Waals surface area contributed by atoms with Gasteiger partial charge < -0.3 is 19.9 Å². The molecule has 1 aliphatic heterocycles. The van der Waals surface area contributed by atoms with Gasteiger partial charge >= 0.3 is 6.09 Å². The number of carbonyl (C=O) groups excluding carboxylic acids is 1. The Morgan fingerprint density at radius 2 is 2.24 bits per heavy atom. The van der Waals surface area contributed by atoms with Crippen LogP contribution in [0.2, 0.25) is 0 Å². The van der Waals surface area contributed by atoms with E-state index in [9.17, 15) is 9.90 Å². The Balaban J connectivity index is 2.58. The van der Waals surface area contributed by atoms with Crippen molar-refractivity contribution in [3.63, 3.8) is 0 Å². The fraction of sp³-hybridized carbons (Fsp3) is 0.917. The van der Waals surface area contributed by atoms with E-state index in [1.807, 2.05) is 6.92 Å². The molecule has 0 aromatic rings. The maximum atomic E-state index is 11.4. The van der Waals surface area contributed by atoms with Gasteiger partial charge in [-0.3, -0.25) is 0 Å². The summed E-state index contributed by atoms with van der Waals surface area (Å²) in [5.41, 5.74) is 0. The predicted octanol–water partition coefficient (Wildman–Crippen LogP) is 1.30. The summed E-state index contributed by atoms with van der Waals surface area (Å²) in [6.07, 6.45) is -0.770. The molecule has 1 heterocycles. The first-order chi connectivity index (χ1) is 7.95. The second kappa shape index (κ2) is 6.21. The van der Waals surface area contributed by atoms with Crippen molar-refractivity contribution in [2.45, 2.75) is 58.5 Å². The summed E-state index contributed by atoms with van der Waals surface area (Å²) in [5, 5.41) is 12.7. The molecule has 0 radical (unpaired) electrons. The van der Waals surface area contributed by atoms with Gasteiger partial charge in [-0.1, -0.05) is 13.8 Å². The maximum Gasteiger partial charge on any atom is 0.407 e. The molecule has 0 aromatic carbocycles. The zero-order chi connectivity index (χ0) is 13.0. The lowest BCUT2D eigenvalue weighted by atomic mass is 9.91. The summed E-state index contributed by atoms with van der Waals surface area (Å²) in [6.45, 7) is 8.03. The average molecular weight is 245 g/mol. The molecule has 1 aliphatic rings. The predicted molar refractivity (Wildman–Crippen MR) is 63.7 cm³/mol. The van der Waals surface area contributed by atoms with Crippen LogP contribution in [0.5, 0.6) is 0 Å². The zero-order valence-electron chi connectivity index (χ0n) is 11.0. The second-order valence-corrected chi connectivity index (χ2v) is 4.82. The molecule has 0 saturated carbocycles. The molecule has 5 heteroatoms. The molecular formula is C12H23NO4. The van der Waals surface area contributed by atoms with Crippen LogP contribution in [0.15, 0.2) is 0 Å². The van der Waals surface area contributed by atoms with Crippen LogP contribution in [-0.4, -0.2) is 42.2 Å². The largest absolute Gasteiger partial charge is 0.450 e. The number of hydrogen-bond donors (Lipinski definition) is 2. The Morgan fingerprint density at radius 1 is 1.59 bits per heavy atom. The molecule has 1 amide bonds. The van der Waals surface area contributed by atoms with Gasteiger partial charge in [-0.25, -0.2) is 4.79 Å². The number of amides is 1. The van der Waals surface area contributed by atoms with Gasteiger partial charge in [-0.05, 0) is 26.2 Å². The Kier molecular flexibility index (Phi) is 5.21. The minimum absolute atomic E-state index is 0.0559. The van der Waals surface area contributed by atoms with E-state index in [4.69, 9.17) is 9.47 Å². The highest BCUT2D eigenvalue weighted by Crippen LogP contribution is 2.24. The van der Waals surface area contributed by atoms with E-state index in [1.54, 1.807) is 6.92 Å². The topological polar surface area (TPSA) is 67.8 Å². The molecule has 0 bridgehead atoms. The molecule has 1 rings (SSSR count). The lowest BCUT2D eigenvalue weighted by Crippen LogP contribution is -2.55. The first-order valence-electron chi connectivity index (χ1n) is 6.22. The van der Waals surface area contributed by atoms with E-state index >= 15 is 0 Å². The third-order valence-corrected chi connectivity index (χ3v) is 3.09. The molecule has 5 nitrogen and oxygen atoms in total. The van der Waals surface area contributed by atoms with E-state index < -0.39 is 12.2 Å². The van der Waals surface area contributed by atoms with Crippen molar-refractivity contribution >= 4 is 6.09 Å². The summed E-state index contributed by atoms with van der Waals surface area (Å²) >= 11 is 0.